The Balaban J connectivity index is 2.07. The molecule has 1 N–H and O–H groups in total. The molecule has 0 spiro atoms. The number of hydrogen-bond donors (Lipinski definition) is 1. The largest absolute Gasteiger partial charge is 0.416 e. The van der Waals surface area contributed by atoms with E-state index in [2.05, 4.69) is 5.32 Å². The number of nitrogens with one attached hydrogen (secondary N) is 1. The number of alkyl halides is 3. The van der Waals surface area contributed by atoms with E-state index in [1.54, 1.807) is 13.8 Å². The Morgan fingerprint density at radius 3 is 2.23 bits per heavy atom. The van der Waals surface area contributed by atoms with E-state index in [0.717, 1.165) is 12.1 Å². The van der Waals surface area contributed by atoms with Crippen molar-refractivity contribution in [1.29, 1.82) is 0 Å². The highest BCUT2D eigenvalue weighted by Gasteiger charge is 2.30. The lowest BCUT2D eigenvalue weighted by Crippen LogP contribution is -2.23. The molecule has 2 aromatic rings. The predicted octanol–water partition coefficient (Wildman–Crippen LogP) is 3.82. The zero-order valence-electron chi connectivity index (χ0n) is 14.2. The summed E-state index contributed by atoms with van der Waals surface area (Å²) in [7, 11) is -3.43. The van der Waals surface area contributed by atoms with Gasteiger partial charge in [0.15, 0.2) is 9.84 Å². The number of carbonyl (C=O) groups excluding carboxylic acids is 1. The van der Waals surface area contributed by atoms with Crippen LogP contribution in [0.5, 0.6) is 0 Å². The van der Waals surface area contributed by atoms with Gasteiger partial charge in [0.25, 0.3) is 5.91 Å². The van der Waals surface area contributed by atoms with Gasteiger partial charge in [-0.2, -0.15) is 13.2 Å². The van der Waals surface area contributed by atoms with Gasteiger partial charge in [-0.15, -0.1) is 0 Å². The summed E-state index contributed by atoms with van der Waals surface area (Å²) in [5, 5.41) is 1.94. The van der Waals surface area contributed by atoms with E-state index in [1.807, 2.05) is 0 Å². The summed E-state index contributed by atoms with van der Waals surface area (Å²) in [6, 6.07) is 10.1. The van der Waals surface area contributed by atoms with Gasteiger partial charge < -0.3 is 5.32 Å². The highest BCUT2D eigenvalue weighted by atomic mass is 32.2. The van der Waals surface area contributed by atoms with E-state index < -0.39 is 32.7 Å². The molecule has 0 aliphatic rings. The van der Waals surface area contributed by atoms with E-state index in [9.17, 15) is 26.4 Å². The Labute approximate surface area is 150 Å². The number of carbonyl (C=O) groups is 1. The Bertz CT molecular complexity index is 889. The number of benzene rings is 2. The van der Waals surface area contributed by atoms with Gasteiger partial charge in [-0.05, 0) is 55.8 Å². The average molecular weight is 385 g/mol. The summed E-state index contributed by atoms with van der Waals surface area (Å²) in [6.45, 7) is 3.05. The standard InChI is InChI=1S/C18H18F3NO3S/c1-12(2)26(24,25)16-8-6-14(7-9-16)17(23)22-11-13-4-3-5-15(10-13)18(19,20)21/h3-10,12H,11H2,1-2H3,(H,22,23). The zero-order valence-corrected chi connectivity index (χ0v) is 15.0. The van der Waals surface area contributed by atoms with Crippen LogP contribution in [0.2, 0.25) is 0 Å². The Morgan fingerprint density at radius 2 is 1.69 bits per heavy atom. The molecule has 2 rings (SSSR count). The second-order valence-electron chi connectivity index (χ2n) is 6.00. The summed E-state index contributed by atoms with van der Waals surface area (Å²) < 4.78 is 62.1. The van der Waals surface area contributed by atoms with Crippen LogP contribution in [0.25, 0.3) is 0 Å². The number of amides is 1. The lowest BCUT2D eigenvalue weighted by molar-refractivity contribution is -0.137. The third-order valence-corrected chi connectivity index (χ3v) is 5.94. The fourth-order valence-corrected chi connectivity index (χ4v) is 3.27. The number of rotatable bonds is 5. The average Bonchev–Trinajstić information content (AvgIpc) is 2.59. The van der Waals surface area contributed by atoms with Crippen molar-refractivity contribution in [3.8, 4) is 0 Å². The van der Waals surface area contributed by atoms with E-state index >= 15 is 0 Å². The smallest absolute Gasteiger partial charge is 0.348 e. The maximum Gasteiger partial charge on any atom is 0.416 e. The molecule has 0 aliphatic carbocycles. The molecule has 0 bridgehead atoms. The van der Waals surface area contributed by atoms with Gasteiger partial charge in [0.1, 0.15) is 0 Å². The van der Waals surface area contributed by atoms with E-state index in [-0.39, 0.29) is 17.0 Å². The lowest BCUT2D eigenvalue weighted by Gasteiger charge is -2.10. The van der Waals surface area contributed by atoms with Crippen LogP contribution in [0.3, 0.4) is 0 Å². The number of sulfone groups is 1. The summed E-state index contributed by atoms with van der Waals surface area (Å²) in [5.41, 5.74) is -0.251. The van der Waals surface area contributed by atoms with E-state index in [4.69, 9.17) is 0 Å². The van der Waals surface area contributed by atoms with Gasteiger partial charge in [-0.25, -0.2) is 8.42 Å². The molecule has 26 heavy (non-hydrogen) atoms. The first-order valence-electron chi connectivity index (χ1n) is 7.80. The van der Waals surface area contributed by atoms with Crippen molar-refractivity contribution in [3.63, 3.8) is 0 Å². The minimum atomic E-state index is -4.45. The topological polar surface area (TPSA) is 63.2 Å². The second-order valence-corrected chi connectivity index (χ2v) is 8.50. The van der Waals surface area contributed by atoms with Crippen molar-refractivity contribution in [1.82, 2.24) is 5.32 Å². The number of hydrogen-bond acceptors (Lipinski definition) is 3. The minimum Gasteiger partial charge on any atom is -0.348 e. The maximum absolute atomic E-state index is 12.7. The fraction of sp³-hybridized carbons (Fsp3) is 0.278. The third-order valence-electron chi connectivity index (χ3n) is 3.77. The Hall–Kier alpha value is -2.35. The summed E-state index contributed by atoms with van der Waals surface area (Å²) in [4.78, 5) is 12.2. The zero-order chi connectivity index (χ0) is 19.5. The van der Waals surface area contributed by atoms with Gasteiger partial charge in [-0.1, -0.05) is 12.1 Å². The van der Waals surface area contributed by atoms with Crippen LogP contribution in [0, 0.1) is 0 Å². The highest BCUT2D eigenvalue weighted by molar-refractivity contribution is 7.92. The molecule has 4 nitrogen and oxygen atoms in total. The van der Waals surface area contributed by atoms with Gasteiger partial charge in [0, 0.05) is 12.1 Å². The first-order valence-corrected chi connectivity index (χ1v) is 9.35. The van der Waals surface area contributed by atoms with E-state index in [0.29, 0.717) is 5.56 Å². The molecular formula is C18H18F3NO3S. The first-order chi connectivity index (χ1) is 12.0. The molecule has 0 fully saturated rings. The maximum atomic E-state index is 12.7. The molecule has 1 amide bonds. The van der Waals surface area contributed by atoms with Crippen LogP contribution in [0.4, 0.5) is 13.2 Å². The summed E-state index contributed by atoms with van der Waals surface area (Å²) in [5.74, 6) is -0.504. The molecule has 0 saturated carbocycles. The van der Waals surface area contributed by atoms with Crippen molar-refractivity contribution < 1.29 is 26.4 Å². The normalized spacial score (nSPS) is 12.2. The molecule has 0 unspecified atom stereocenters. The van der Waals surface area contributed by atoms with Crippen LogP contribution >= 0.6 is 0 Å². The monoisotopic (exact) mass is 385 g/mol. The molecular weight excluding hydrogens is 367 g/mol. The van der Waals surface area contributed by atoms with Gasteiger partial charge >= 0.3 is 6.18 Å². The molecule has 0 aliphatic heterocycles. The summed E-state index contributed by atoms with van der Waals surface area (Å²) in [6.07, 6.45) is -4.45. The molecule has 0 atom stereocenters. The van der Waals surface area contributed by atoms with Crippen molar-refractivity contribution in [3.05, 3.63) is 65.2 Å². The molecule has 140 valence electrons. The molecule has 8 heteroatoms. The SMILES string of the molecule is CC(C)S(=O)(=O)c1ccc(C(=O)NCc2cccc(C(F)(F)F)c2)cc1. The van der Waals surface area contributed by atoms with Crippen LogP contribution in [-0.2, 0) is 22.6 Å². The quantitative estimate of drug-likeness (QED) is 0.851. The van der Waals surface area contributed by atoms with Crippen molar-refractivity contribution in [2.75, 3.05) is 0 Å². The molecule has 0 radical (unpaired) electrons. The summed E-state index contributed by atoms with van der Waals surface area (Å²) >= 11 is 0. The molecule has 0 saturated heterocycles. The Kier molecular flexibility index (Phi) is 5.75. The lowest BCUT2D eigenvalue weighted by atomic mass is 10.1. The number of halogens is 3. The molecule has 2 aromatic carbocycles. The van der Waals surface area contributed by atoms with Gasteiger partial charge in [-0.3, -0.25) is 4.79 Å². The van der Waals surface area contributed by atoms with Crippen molar-refractivity contribution in [2.45, 2.75) is 36.7 Å². The molecule has 0 aromatic heterocycles. The first kappa shape index (κ1) is 20.0. The van der Waals surface area contributed by atoms with Gasteiger partial charge in [0.2, 0.25) is 0 Å². The second kappa shape index (κ2) is 7.49. The highest BCUT2D eigenvalue weighted by Crippen LogP contribution is 2.29. The van der Waals surface area contributed by atoms with Gasteiger partial charge in [0.05, 0.1) is 15.7 Å². The predicted molar refractivity (Wildman–Crippen MR) is 91.4 cm³/mol. The van der Waals surface area contributed by atoms with Crippen LogP contribution in [-0.4, -0.2) is 19.6 Å². The van der Waals surface area contributed by atoms with Crippen LogP contribution in [0.15, 0.2) is 53.4 Å². The minimum absolute atomic E-state index is 0.0746. The third kappa shape index (κ3) is 4.63. The molecule has 0 heterocycles. The van der Waals surface area contributed by atoms with Crippen LogP contribution < -0.4 is 5.32 Å². The fourth-order valence-electron chi connectivity index (χ4n) is 2.21. The van der Waals surface area contributed by atoms with Crippen molar-refractivity contribution in [2.24, 2.45) is 0 Å². The van der Waals surface area contributed by atoms with Crippen molar-refractivity contribution >= 4 is 15.7 Å². The van der Waals surface area contributed by atoms with Crippen LogP contribution in [0.1, 0.15) is 35.3 Å². The Morgan fingerprint density at radius 1 is 1.08 bits per heavy atom. The van der Waals surface area contributed by atoms with E-state index in [1.165, 1.54) is 36.4 Å².